The molecule has 1 amide bonds. The predicted octanol–water partition coefficient (Wildman–Crippen LogP) is 3.52. The average Bonchev–Trinajstić information content (AvgIpc) is 3.50. The van der Waals surface area contributed by atoms with Gasteiger partial charge in [-0.2, -0.15) is 0 Å². The van der Waals surface area contributed by atoms with E-state index in [1.807, 2.05) is 30.3 Å². The van der Waals surface area contributed by atoms with Crippen LogP contribution < -0.4 is 5.32 Å². The molecule has 1 aliphatic carbocycles. The molecule has 0 atom stereocenters. The number of thioether (sulfide) groups is 1. The van der Waals surface area contributed by atoms with E-state index in [2.05, 4.69) is 37.2 Å². The van der Waals surface area contributed by atoms with Crippen molar-refractivity contribution in [2.24, 2.45) is 0 Å². The first-order valence-corrected chi connectivity index (χ1v) is 10.6. The minimum absolute atomic E-state index is 0.0360. The highest BCUT2D eigenvalue weighted by Gasteiger charge is 2.30. The molecule has 28 heavy (non-hydrogen) atoms. The molecule has 7 heteroatoms. The number of nitrogens with one attached hydrogen (secondary N) is 1. The summed E-state index contributed by atoms with van der Waals surface area (Å²) in [6, 6.07) is 14.7. The van der Waals surface area contributed by atoms with Crippen LogP contribution in [0, 0.1) is 0 Å². The van der Waals surface area contributed by atoms with Crippen LogP contribution in [-0.4, -0.2) is 38.0 Å². The molecule has 144 valence electrons. The fourth-order valence-corrected chi connectivity index (χ4v) is 3.92. The number of hydrogen-bond acceptors (Lipinski definition) is 5. The molecule has 4 rings (SSSR count). The number of aromatic nitrogens is 4. The Hall–Kier alpha value is -2.67. The summed E-state index contributed by atoms with van der Waals surface area (Å²) in [5, 5.41) is 12.5. The number of hydrogen-bond donors (Lipinski definition) is 1. The Morgan fingerprint density at radius 3 is 2.64 bits per heavy atom. The van der Waals surface area contributed by atoms with Crippen molar-refractivity contribution in [1.82, 2.24) is 25.1 Å². The van der Waals surface area contributed by atoms with Crippen LogP contribution in [0.5, 0.6) is 0 Å². The Bertz CT molecular complexity index is 909. The Morgan fingerprint density at radius 2 is 1.89 bits per heavy atom. The molecule has 0 bridgehead atoms. The van der Waals surface area contributed by atoms with Crippen molar-refractivity contribution in [3.05, 3.63) is 60.4 Å². The normalized spacial score (nSPS) is 13.4. The highest BCUT2D eigenvalue weighted by atomic mass is 32.2. The van der Waals surface area contributed by atoms with Crippen molar-refractivity contribution in [3.63, 3.8) is 0 Å². The smallest absolute Gasteiger partial charge is 0.230 e. The molecular weight excluding hydrogens is 370 g/mol. The Morgan fingerprint density at radius 1 is 1.11 bits per heavy atom. The van der Waals surface area contributed by atoms with Crippen molar-refractivity contribution in [3.8, 4) is 11.4 Å². The fraction of sp³-hybridized carbons (Fsp3) is 0.333. The lowest BCUT2D eigenvalue weighted by atomic mass is 10.1. The van der Waals surface area contributed by atoms with Gasteiger partial charge >= 0.3 is 0 Å². The van der Waals surface area contributed by atoms with Gasteiger partial charge < -0.3 is 5.32 Å². The van der Waals surface area contributed by atoms with E-state index in [9.17, 15) is 4.79 Å². The first kappa shape index (κ1) is 18.7. The Kier molecular flexibility index (Phi) is 6.01. The van der Waals surface area contributed by atoms with Crippen molar-refractivity contribution in [2.45, 2.75) is 36.9 Å². The van der Waals surface area contributed by atoms with Crippen molar-refractivity contribution < 1.29 is 4.79 Å². The van der Waals surface area contributed by atoms with Gasteiger partial charge in [0.2, 0.25) is 5.91 Å². The maximum absolute atomic E-state index is 12.2. The van der Waals surface area contributed by atoms with Gasteiger partial charge in [0.25, 0.3) is 0 Å². The van der Waals surface area contributed by atoms with E-state index in [1.165, 1.54) is 17.3 Å². The van der Waals surface area contributed by atoms with Gasteiger partial charge in [-0.1, -0.05) is 42.1 Å². The van der Waals surface area contributed by atoms with Gasteiger partial charge in [-0.05, 0) is 43.4 Å². The molecule has 2 aromatic heterocycles. The molecule has 0 unspecified atom stereocenters. The van der Waals surface area contributed by atoms with Crippen LogP contribution in [0.2, 0.25) is 0 Å². The predicted molar refractivity (Wildman–Crippen MR) is 110 cm³/mol. The second kappa shape index (κ2) is 9.01. The number of amides is 1. The number of nitrogens with zero attached hydrogens (tertiary/aromatic N) is 4. The molecular formula is C21H23N5OS. The summed E-state index contributed by atoms with van der Waals surface area (Å²) in [5.74, 6) is 1.25. The van der Waals surface area contributed by atoms with Gasteiger partial charge in [0.1, 0.15) is 0 Å². The second-order valence-electron chi connectivity index (χ2n) is 6.87. The average molecular weight is 394 g/mol. The molecule has 6 nitrogen and oxygen atoms in total. The summed E-state index contributed by atoms with van der Waals surface area (Å²) in [6.45, 7) is 0.686. The number of benzene rings is 1. The van der Waals surface area contributed by atoms with E-state index in [-0.39, 0.29) is 5.91 Å². The third-order valence-electron chi connectivity index (χ3n) is 4.65. The SMILES string of the molecule is O=C(CSc1nnc(-c2ccncc2)n1C1CC1)NCCCc1ccccc1. The zero-order valence-electron chi connectivity index (χ0n) is 15.6. The zero-order valence-corrected chi connectivity index (χ0v) is 16.4. The molecule has 1 saturated carbocycles. The molecule has 2 heterocycles. The first-order valence-electron chi connectivity index (χ1n) is 9.60. The number of carbonyl (C=O) groups is 1. The number of aryl methyl sites for hydroxylation is 1. The number of pyridine rings is 1. The number of rotatable bonds is 9. The van der Waals surface area contributed by atoms with Gasteiger partial charge in [-0.25, -0.2) is 0 Å². The van der Waals surface area contributed by atoms with Crippen molar-refractivity contribution in [1.29, 1.82) is 0 Å². The van der Waals surface area contributed by atoms with Crippen LogP contribution in [0.1, 0.15) is 30.9 Å². The topological polar surface area (TPSA) is 72.7 Å². The van der Waals surface area contributed by atoms with Crippen LogP contribution >= 0.6 is 11.8 Å². The van der Waals surface area contributed by atoms with E-state index >= 15 is 0 Å². The second-order valence-corrected chi connectivity index (χ2v) is 7.81. The molecule has 1 fully saturated rings. The fourth-order valence-electron chi connectivity index (χ4n) is 3.08. The lowest BCUT2D eigenvalue weighted by Crippen LogP contribution is -2.26. The van der Waals surface area contributed by atoms with Crippen LogP contribution in [0.3, 0.4) is 0 Å². The van der Waals surface area contributed by atoms with Gasteiger partial charge in [0.05, 0.1) is 5.75 Å². The molecule has 0 spiro atoms. The Balaban J connectivity index is 1.29. The summed E-state index contributed by atoms with van der Waals surface area (Å²) >= 11 is 1.46. The van der Waals surface area contributed by atoms with Gasteiger partial charge in [-0.15, -0.1) is 10.2 Å². The lowest BCUT2D eigenvalue weighted by Gasteiger charge is -2.09. The standard InChI is InChI=1S/C21H23N5OS/c27-19(23-12-4-7-16-5-2-1-3-6-16)15-28-21-25-24-20(26(21)18-8-9-18)17-10-13-22-14-11-17/h1-3,5-6,10-11,13-14,18H,4,7-9,12,15H2,(H,23,27). The van der Waals surface area contributed by atoms with E-state index in [0.717, 1.165) is 42.2 Å². The molecule has 0 aliphatic heterocycles. The first-order chi connectivity index (χ1) is 13.8. The largest absolute Gasteiger partial charge is 0.355 e. The lowest BCUT2D eigenvalue weighted by molar-refractivity contribution is -0.118. The van der Waals surface area contributed by atoms with Gasteiger partial charge in [0.15, 0.2) is 11.0 Å². The van der Waals surface area contributed by atoms with E-state index < -0.39 is 0 Å². The third kappa shape index (κ3) is 4.78. The molecule has 3 aromatic rings. The monoisotopic (exact) mass is 393 g/mol. The molecule has 1 N–H and O–H groups in total. The Labute approximate surface area is 168 Å². The van der Waals surface area contributed by atoms with E-state index in [4.69, 9.17) is 0 Å². The maximum Gasteiger partial charge on any atom is 0.230 e. The van der Waals surface area contributed by atoms with Crippen LogP contribution in [0.15, 0.2) is 60.0 Å². The van der Waals surface area contributed by atoms with Crippen LogP contribution in [0.25, 0.3) is 11.4 Å². The molecule has 0 radical (unpaired) electrons. The summed E-state index contributed by atoms with van der Waals surface area (Å²) in [6.07, 6.45) is 7.70. The molecule has 0 saturated heterocycles. The number of carbonyl (C=O) groups excluding carboxylic acids is 1. The van der Waals surface area contributed by atoms with Crippen LogP contribution in [0.4, 0.5) is 0 Å². The molecule has 1 aliphatic rings. The minimum Gasteiger partial charge on any atom is -0.355 e. The molecule has 1 aromatic carbocycles. The quantitative estimate of drug-likeness (QED) is 0.445. The highest BCUT2D eigenvalue weighted by molar-refractivity contribution is 7.99. The highest BCUT2D eigenvalue weighted by Crippen LogP contribution is 2.40. The summed E-state index contributed by atoms with van der Waals surface area (Å²) < 4.78 is 2.17. The van der Waals surface area contributed by atoms with Gasteiger partial charge in [-0.3, -0.25) is 14.3 Å². The third-order valence-corrected chi connectivity index (χ3v) is 5.60. The summed E-state index contributed by atoms with van der Waals surface area (Å²) in [7, 11) is 0. The van der Waals surface area contributed by atoms with E-state index in [1.54, 1.807) is 12.4 Å². The van der Waals surface area contributed by atoms with E-state index in [0.29, 0.717) is 18.3 Å². The summed E-state index contributed by atoms with van der Waals surface area (Å²) in [5.41, 5.74) is 2.30. The van der Waals surface area contributed by atoms with Crippen molar-refractivity contribution in [2.75, 3.05) is 12.3 Å². The van der Waals surface area contributed by atoms with Crippen molar-refractivity contribution >= 4 is 17.7 Å². The van der Waals surface area contributed by atoms with Crippen LogP contribution in [-0.2, 0) is 11.2 Å². The van der Waals surface area contributed by atoms with Gasteiger partial charge in [0, 0.05) is 30.5 Å². The zero-order chi connectivity index (χ0) is 19.2. The minimum atomic E-state index is 0.0360. The summed E-state index contributed by atoms with van der Waals surface area (Å²) in [4.78, 5) is 16.3. The maximum atomic E-state index is 12.2.